The van der Waals surface area contributed by atoms with Gasteiger partial charge in [-0.1, -0.05) is 6.07 Å². The Bertz CT molecular complexity index is 957. The molecule has 1 aromatic carbocycles. The van der Waals surface area contributed by atoms with Crippen LogP contribution >= 0.6 is 11.3 Å². The fourth-order valence-electron chi connectivity index (χ4n) is 3.03. The number of sulfonamides is 1. The Labute approximate surface area is 139 Å². The van der Waals surface area contributed by atoms with Crippen molar-refractivity contribution in [3.05, 3.63) is 52.8 Å². The van der Waals surface area contributed by atoms with Crippen LogP contribution in [0.4, 0.5) is 0 Å². The largest absolute Gasteiger partial charge is 0.293 e. The Morgan fingerprint density at radius 3 is 2.91 bits per heavy atom. The molecule has 120 valence electrons. The number of imidazole rings is 1. The molecule has 5 nitrogen and oxygen atoms in total. The summed E-state index contributed by atoms with van der Waals surface area (Å²) in [6.07, 6.45) is 7.91. The molecule has 1 aliphatic rings. The summed E-state index contributed by atoms with van der Waals surface area (Å²) in [6, 6.07) is 5.51. The van der Waals surface area contributed by atoms with E-state index in [1.165, 1.54) is 28.9 Å². The van der Waals surface area contributed by atoms with Gasteiger partial charge in [-0.05, 0) is 48.9 Å². The predicted octanol–water partition coefficient (Wildman–Crippen LogP) is 2.75. The van der Waals surface area contributed by atoms with Crippen molar-refractivity contribution in [2.45, 2.75) is 37.1 Å². The van der Waals surface area contributed by atoms with Gasteiger partial charge in [-0.2, -0.15) is 0 Å². The minimum absolute atomic E-state index is 0.260. The predicted molar refractivity (Wildman–Crippen MR) is 90.2 cm³/mol. The highest BCUT2D eigenvalue weighted by Crippen LogP contribution is 2.24. The lowest BCUT2D eigenvalue weighted by Crippen LogP contribution is -2.24. The molecule has 1 N–H and O–H groups in total. The van der Waals surface area contributed by atoms with Gasteiger partial charge in [0.25, 0.3) is 0 Å². The van der Waals surface area contributed by atoms with Gasteiger partial charge in [0, 0.05) is 23.5 Å². The third-order valence-electron chi connectivity index (χ3n) is 4.29. The number of rotatable bonds is 4. The minimum atomic E-state index is -3.50. The van der Waals surface area contributed by atoms with Gasteiger partial charge in [-0.15, -0.1) is 11.3 Å². The number of hydrogen-bond acceptors (Lipinski definition) is 4. The van der Waals surface area contributed by atoms with E-state index in [9.17, 15) is 8.42 Å². The standard InChI is InChI=1S/C16H17N3O2S2/c20-23(21,15-6-5-12-3-1-2-4-13(12)9-15)18-10-14-11-22-16-17-7-8-19(14)16/h5-9,11,18H,1-4,10H2. The SMILES string of the molecule is O=S(=O)(NCc1csc2nccn12)c1ccc2c(c1)CCCC2. The zero-order valence-electron chi connectivity index (χ0n) is 12.5. The summed E-state index contributed by atoms with van der Waals surface area (Å²) in [5, 5.41) is 1.93. The molecule has 0 saturated carbocycles. The van der Waals surface area contributed by atoms with Crippen molar-refractivity contribution >= 4 is 26.3 Å². The van der Waals surface area contributed by atoms with Gasteiger partial charge in [0.2, 0.25) is 10.0 Å². The quantitative estimate of drug-likeness (QED) is 0.789. The third kappa shape index (κ3) is 2.80. The highest BCUT2D eigenvalue weighted by atomic mass is 32.2. The Morgan fingerprint density at radius 2 is 2.04 bits per heavy atom. The fraction of sp³-hybridized carbons (Fsp3) is 0.312. The number of nitrogens with one attached hydrogen (secondary N) is 1. The second-order valence-corrected chi connectivity index (χ2v) is 8.37. The lowest BCUT2D eigenvalue weighted by molar-refractivity contribution is 0.579. The lowest BCUT2D eigenvalue weighted by atomic mass is 9.92. The molecule has 3 aromatic rings. The number of hydrogen-bond donors (Lipinski definition) is 1. The average molecular weight is 347 g/mol. The molecule has 0 amide bonds. The zero-order chi connectivity index (χ0) is 15.9. The first-order valence-electron chi connectivity index (χ1n) is 7.64. The molecule has 0 saturated heterocycles. The topological polar surface area (TPSA) is 63.5 Å². The maximum absolute atomic E-state index is 12.6. The molecule has 0 aliphatic heterocycles. The summed E-state index contributed by atoms with van der Waals surface area (Å²) in [4.78, 5) is 5.42. The monoisotopic (exact) mass is 347 g/mol. The molecule has 23 heavy (non-hydrogen) atoms. The molecule has 0 fully saturated rings. The van der Waals surface area contributed by atoms with Crippen LogP contribution in [0, 0.1) is 0 Å². The van der Waals surface area contributed by atoms with E-state index in [2.05, 4.69) is 9.71 Å². The van der Waals surface area contributed by atoms with Crippen LogP contribution in [0.15, 0.2) is 40.9 Å². The normalized spacial score (nSPS) is 15.0. The molecular weight excluding hydrogens is 330 g/mol. The molecule has 1 aliphatic carbocycles. The second-order valence-electron chi connectivity index (χ2n) is 5.77. The Kier molecular flexibility index (Phi) is 3.71. The van der Waals surface area contributed by atoms with E-state index in [0.29, 0.717) is 4.90 Å². The Hall–Kier alpha value is -1.70. The molecule has 0 radical (unpaired) electrons. The highest BCUT2D eigenvalue weighted by molar-refractivity contribution is 7.89. The summed E-state index contributed by atoms with van der Waals surface area (Å²) >= 11 is 1.50. The van der Waals surface area contributed by atoms with Crippen molar-refractivity contribution in [2.24, 2.45) is 0 Å². The molecule has 4 rings (SSSR count). The lowest BCUT2D eigenvalue weighted by Gasteiger charge is -2.16. The van der Waals surface area contributed by atoms with Crippen LogP contribution in [0.1, 0.15) is 29.7 Å². The van der Waals surface area contributed by atoms with E-state index in [-0.39, 0.29) is 6.54 Å². The first kappa shape index (κ1) is 14.9. The first-order chi connectivity index (χ1) is 11.1. The third-order valence-corrected chi connectivity index (χ3v) is 6.59. The van der Waals surface area contributed by atoms with Crippen LogP contribution in [0.25, 0.3) is 4.96 Å². The number of aromatic nitrogens is 2. The van der Waals surface area contributed by atoms with Gasteiger partial charge < -0.3 is 0 Å². The van der Waals surface area contributed by atoms with Crippen LogP contribution in [-0.4, -0.2) is 17.8 Å². The van der Waals surface area contributed by atoms with Crippen LogP contribution in [0.3, 0.4) is 0 Å². The van der Waals surface area contributed by atoms with Crippen LogP contribution in [0.2, 0.25) is 0 Å². The molecule has 0 unspecified atom stereocenters. The minimum Gasteiger partial charge on any atom is -0.293 e. The molecular formula is C16H17N3O2S2. The van der Waals surface area contributed by atoms with Crippen LogP contribution in [-0.2, 0) is 29.4 Å². The Balaban J connectivity index is 1.57. The molecule has 0 bridgehead atoms. The number of fused-ring (bicyclic) bond motifs is 2. The van der Waals surface area contributed by atoms with Crippen LogP contribution in [0.5, 0.6) is 0 Å². The first-order valence-corrected chi connectivity index (χ1v) is 10.0. The molecule has 0 spiro atoms. The molecule has 0 atom stereocenters. The fourth-order valence-corrected chi connectivity index (χ4v) is 4.93. The van der Waals surface area contributed by atoms with Crippen molar-refractivity contribution < 1.29 is 8.42 Å². The highest BCUT2D eigenvalue weighted by Gasteiger charge is 2.18. The smallest absolute Gasteiger partial charge is 0.240 e. The van der Waals surface area contributed by atoms with Crippen molar-refractivity contribution in [3.8, 4) is 0 Å². The van der Waals surface area contributed by atoms with Crippen LogP contribution < -0.4 is 4.72 Å². The summed E-state index contributed by atoms with van der Waals surface area (Å²) in [5.74, 6) is 0. The Morgan fingerprint density at radius 1 is 1.22 bits per heavy atom. The zero-order valence-corrected chi connectivity index (χ0v) is 14.2. The van der Waals surface area contributed by atoms with Crippen molar-refractivity contribution in [1.82, 2.24) is 14.1 Å². The summed E-state index contributed by atoms with van der Waals surface area (Å²) in [5.41, 5.74) is 3.35. The molecule has 7 heteroatoms. The van der Waals surface area contributed by atoms with Crippen molar-refractivity contribution in [1.29, 1.82) is 0 Å². The van der Waals surface area contributed by atoms with Gasteiger partial charge in [0.15, 0.2) is 4.96 Å². The van der Waals surface area contributed by atoms with E-state index in [1.807, 2.05) is 28.1 Å². The number of aryl methyl sites for hydroxylation is 2. The molecule has 2 aromatic heterocycles. The molecule has 2 heterocycles. The number of nitrogens with zero attached hydrogens (tertiary/aromatic N) is 2. The van der Waals surface area contributed by atoms with Gasteiger partial charge >= 0.3 is 0 Å². The second kappa shape index (κ2) is 5.74. The number of benzene rings is 1. The van der Waals surface area contributed by atoms with E-state index >= 15 is 0 Å². The van der Waals surface area contributed by atoms with E-state index in [0.717, 1.165) is 29.9 Å². The average Bonchev–Trinajstić information content (AvgIpc) is 3.16. The maximum Gasteiger partial charge on any atom is 0.240 e. The van der Waals surface area contributed by atoms with Gasteiger partial charge in [0.1, 0.15) is 0 Å². The van der Waals surface area contributed by atoms with Gasteiger partial charge in [-0.25, -0.2) is 18.1 Å². The maximum atomic E-state index is 12.6. The van der Waals surface area contributed by atoms with Gasteiger partial charge in [-0.3, -0.25) is 4.40 Å². The van der Waals surface area contributed by atoms with E-state index in [4.69, 9.17) is 0 Å². The van der Waals surface area contributed by atoms with E-state index in [1.54, 1.807) is 12.3 Å². The summed E-state index contributed by atoms with van der Waals surface area (Å²) in [7, 11) is -3.50. The summed E-state index contributed by atoms with van der Waals surface area (Å²) in [6.45, 7) is 0.260. The van der Waals surface area contributed by atoms with Crippen molar-refractivity contribution in [3.63, 3.8) is 0 Å². The van der Waals surface area contributed by atoms with E-state index < -0.39 is 10.0 Å². The number of thiazole rings is 1. The van der Waals surface area contributed by atoms with Crippen molar-refractivity contribution in [2.75, 3.05) is 0 Å². The summed E-state index contributed by atoms with van der Waals surface area (Å²) < 4.78 is 29.7. The van der Waals surface area contributed by atoms with Gasteiger partial charge in [0.05, 0.1) is 11.4 Å².